The number of sulfonamides is 1. The Morgan fingerprint density at radius 2 is 1.76 bits per heavy atom. The third-order valence-corrected chi connectivity index (χ3v) is 15.3. The van der Waals surface area contributed by atoms with E-state index in [0.717, 1.165) is 63.4 Å². The van der Waals surface area contributed by atoms with Crippen LogP contribution in [-0.4, -0.2) is 55.4 Å². The predicted molar refractivity (Wildman–Crippen MR) is 184 cm³/mol. The molecule has 3 unspecified atom stereocenters. The van der Waals surface area contributed by atoms with Crippen molar-refractivity contribution in [3.8, 4) is 0 Å². The van der Waals surface area contributed by atoms with Crippen molar-refractivity contribution in [1.29, 1.82) is 0 Å². The molecular formula is C38H62N2O5S. The van der Waals surface area contributed by atoms with Crippen LogP contribution in [0.3, 0.4) is 0 Å². The van der Waals surface area contributed by atoms with Crippen molar-refractivity contribution in [2.75, 3.05) is 13.6 Å². The van der Waals surface area contributed by atoms with Gasteiger partial charge in [0.2, 0.25) is 0 Å². The molecule has 0 bridgehead atoms. The van der Waals surface area contributed by atoms with E-state index < -0.39 is 16.1 Å². The molecule has 4 saturated carbocycles. The first kappa shape index (κ1) is 35.7. The van der Waals surface area contributed by atoms with Crippen molar-refractivity contribution in [3.63, 3.8) is 0 Å². The molecule has 46 heavy (non-hydrogen) atoms. The quantitative estimate of drug-likeness (QED) is 0.284. The molecule has 1 spiro atoms. The Labute approximate surface area is 279 Å². The average Bonchev–Trinajstić information content (AvgIpc) is 3.35. The van der Waals surface area contributed by atoms with Crippen LogP contribution in [0.1, 0.15) is 118 Å². The van der Waals surface area contributed by atoms with Gasteiger partial charge in [0.25, 0.3) is 10.0 Å². The molecule has 2 amide bonds. The van der Waals surface area contributed by atoms with Gasteiger partial charge in [0.1, 0.15) is 0 Å². The number of rotatable bonds is 7. The number of nitrogens with one attached hydrogen (secondary N) is 1. The van der Waals surface area contributed by atoms with Crippen LogP contribution in [0.25, 0.3) is 0 Å². The summed E-state index contributed by atoms with van der Waals surface area (Å²) in [7, 11) is -2.29. The smallest absolute Gasteiger partial charge is 0.331 e. The van der Waals surface area contributed by atoms with Crippen LogP contribution >= 0.6 is 0 Å². The van der Waals surface area contributed by atoms with Crippen LogP contribution in [0.4, 0.5) is 4.79 Å². The van der Waals surface area contributed by atoms with Crippen LogP contribution in [0.5, 0.6) is 0 Å². The summed E-state index contributed by atoms with van der Waals surface area (Å²) < 4.78 is 28.2. The normalized spacial score (nSPS) is 38.6. The highest BCUT2D eigenvalue weighted by Gasteiger charge is 2.64. The SMILES string of the molecule is CC[C@H]1[C@@H](O)[C@@H]2[C@H](CCC3(C)[C@@H]([C@H](C)CCN(C)C(=O)NS(=O)(=O)c4ccc(C(C)(C)C)cc4)CC[C@@H]23)C(C)C12CCC[C@@H](O)C2. The number of fused-ring (bicyclic) bond motifs is 3. The number of carbonyl (C=O) groups excluding carboxylic acids is 1. The van der Waals surface area contributed by atoms with Crippen LogP contribution in [0.2, 0.25) is 0 Å². The maximum atomic E-state index is 13.0. The molecule has 0 heterocycles. The predicted octanol–water partition coefficient (Wildman–Crippen LogP) is 7.36. The van der Waals surface area contributed by atoms with Gasteiger partial charge in [-0.15, -0.1) is 0 Å². The van der Waals surface area contributed by atoms with E-state index in [4.69, 9.17) is 0 Å². The summed E-state index contributed by atoms with van der Waals surface area (Å²) in [5.74, 6) is 2.97. The van der Waals surface area contributed by atoms with Gasteiger partial charge >= 0.3 is 6.03 Å². The second-order valence-corrected chi connectivity index (χ2v) is 18.9. The highest BCUT2D eigenvalue weighted by Crippen LogP contribution is 2.68. The first-order chi connectivity index (χ1) is 21.5. The zero-order chi connectivity index (χ0) is 33.8. The fourth-order valence-corrected chi connectivity index (χ4v) is 12.4. The Bertz CT molecular complexity index is 1340. The lowest BCUT2D eigenvalue weighted by atomic mass is 9.42. The second kappa shape index (κ2) is 13.0. The molecule has 4 aliphatic rings. The minimum Gasteiger partial charge on any atom is -0.393 e. The van der Waals surface area contributed by atoms with E-state index in [2.05, 4.69) is 53.2 Å². The van der Waals surface area contributed by atoms with Crippen molar-refractivity contribution in [2.24, 2.45) is 52.3 Å². The molecule has 0 aromatic heterocycles. The number of carbonyl (C=O) groups is 1. The second-order valence-electron chi connectivity index (χ2n) is 17.2. The third kappa shape index (κ3) is 6.29. The summed E-state index contributed by atoms with van der Waals surface area (Å²) in [6, 6.07) is 6.14. The fraction of sp³-hybridized carbons (Fsp3) is 0.816. The zero-order valence-corrected chi connectivity index (χ0v) is 30.6. The molecule has 4 fully saturated rings. The number of benzene rings is 1. The molecule has 0 radical (unpaired) electrons. The van der Waals surface area contributed by atoms with E-state index >= 15 is 0 Å². The van der Waals surface area contributed by atoms with E-state index in [1.807, 2.05) is 0 Å². The van der Waals surface area contributed by atoms with Crippen LogP contribution in [-0.2, 0) is 15.4 Å². The molecule has 1 aromatic rings. The molecule has 0 saturated heterocycles. The molecule has 4 aliphatic carbocycles. The summed E-state index contributed by atoms with van der Waals surface area (Å²) in [6.45, 7) is 16.2. The van der Waals surface area contributed by atoms with Crippen molar-refractivity contribution >= 4 is 16.1 Å². The Hall–Kier alpha value is -1.64. The van der Waals surface area contributed by atoms with E-state index in [1.165, 1.54) is 11.3 Å². The first-order valence-electron chi connectivity index (χ1n) is 18.2. The summed E-state index contributed by atoms with van der Waals surface area (Å²) in [4.78, 5) is 14.6. The van der Waals surface area contributed by atoms with Crippen molar-refractivity contribution < 1.29 is 23.4 Å². The minimum atomic E-state index is -3.97. The van der Waals surface area contributed by atoms with E-state index in [1.54, 1.807) is 31.3 Å². The molecule has 260 valence electrons. The maximum Gasteiger partial charge on any atom is 0.331 e. The summed E-state index contributed by atoms with van der Waals surface area (Å²) in [6.07, 6.45) is 9.78. The van der Waals surface area contributed by atoms with Crippen LogP contribution < -0.4 is 4.72 Å². The monoisotopic (exact) mass is 658 g/mol. The zero-order valence-electron chi connectivity index (χ0n) is 29.8. The average molecular weight is 659 g/mol. The minimum absolute atomic E-state index is 0.0561. The van der Waals surface area contributed by atoms with Crippen molar-refractivity contribution in [1.82, 2.24) is 9.62 Å². The number of hydrogen-bond donors (Lipinski definition) is 3. The molecule has 8 heteroatoms. The Morgan fingerprint density at radius 3 is 2.37 bits per heavy atom. The molecule has 3 N–H and O–H groups in total. The lowest BCUT2D eigenvalue weighted by molar-refractivity contribution is -0.200. The number of urea groups is 1. The molecular weight excluding hydrogens is 596 g/mol. The van der Waals surface area contributed by atoms with Gasteiger partial charge in [-0.05, 0) is 127 Å². The topological polar surface area (TPSA) is 107 Å². The summed E-state index contributed by atoms with van der Waals surface area (Å²) in [5.41, 5.74) is 1.15. The van der Waals surface area contributed by atoms with Crippen molar-refractivity contribution in [3.05, 3.63) is 29.8 Å². The number of hydrogen-bond acceptors (Lipinski definition) is 5. The largest absolute Gasteiger partial charge is 0.393 e. The van der Waals surface area contributed by atoms with Gasteiger partial charge < -0.3 is 15.1 Å². The molecule has 7 nitrogen and oxygen atoms in total. The standard InChI is InChI=1S/C38H62N2O5S/c1-9-30-34(42)33-29(25(3)38(30)20-10-11-27(41)23-38)18-21-37(7)31(16-17-32(33)37)24(2)19-22-40(8)35(43)39-46(44,45)28-14-12-26(13-15-28)36(4,5)6/h12-15,24-25,27,29-34,41-42H,9-11,16-23H2,1-8H3,(H,39,43)/t24-,25?,27-,29-,30+,31-,32+,33-,34-,37?,38?/m1/s1. The maximum absolute atomic E-state index is 13.0. The first-order valence-corrected chi connectivity index (χ1v) is 19.7. The highest BCUT2D eigenvalue weighted by atomic mass is 32.2. The number of nitrogens with zero attached hydrogens (tertiary/aromatic N) is 1. The van der Waals surface area contributed by atoms with E-state index in [9.17, 15) is 23.4 Å². The van der Waals surface area contributed by atoms with Gasteiger partial charge in [-0.1, -0.05) is 73.4 Å². The third-order valence-electron chi connectivity index (χ3n) is 14.0. The van der Waals surface area contributed by atoms with Crippen LogP contribution in [0.15, 0.2) is 29.2 Å². The van der Waals surface area contributed by atoms with Gasteiger partial charge in [0.05, 0.1) is 17.1 Å². The fourth-order valence-electron chi connectivity index (χ4n) is 11.4. The van der Waals surface area contributed by atoms with Gasteiger partial charge in [-0.25, -0.2) is 17.9 Å². The molecule has 5 rings (SSSR count). The Kier molecular flexibility index (Phi) is 10.1. The number of aliphatic hydroxyl groups is 2. The molecule has 11 atom stereocenters. The Balaban J connectivity index is 1.22. The van der Waals surface area contributed by atoms with Gasteiger partial charge in [0.15, 0.2) is 0 Å². The number of aliphatic hydroxyl groups excluding tert-OH is 2. The van der Waals surface area contributed by atoms with E-state index in [-0.39, 0.29) is 39.3 Å². The lowest BCUT2D eigenvalue weighted by Gasteiger charge is -2.64. The highest BCUT2D eigenvalue weighted by molar-refractivity contribution is 7.90. The van der Waals surface area contributed by atoms with Crippen molar-refractivity contribution in [2.45, 2.75) is 135 Å². The van der Waals surface area contributed by atoms with Crippen LogP contribution in [0, 0.1) is 52.3 Å². The van der Waals surface area contributed by atoms with Gasteiger partial charge in [0, 0.05) is 13.6 Å². The Morgan fingerprint density at radius 1 is 1.09 bits per heavy atom. The van der Waals surface area contributed by atoms with Gasteiger partial charge in [-0.3, -0.25) is 0 Å². The number of amides is 2. The summed E-state index contributed by atoms with van der Waals surface area (Å²) in [5, 5.41) is 22.9. The molecule has 0 aliphatic heterocycles. The lowest BCUT2D eigenvalue weighted by Crippen LogP contribution is -2.61. The molecule has 1 aromatic carbocycles. The van der Waals surface area contributed by atoms with E-state index in [0.29, 0.717) is 42.1 Å². The van der Waals surface area contributed by atoms with Gasteiger partial charge in [-0.2, -0.15) is 0 Å². The summed E-state index contributed by atoms with van der Waals surface area (Å²) >= 11 is 0.